The summed E-state index contributed by atoms with van der Waals surface area (Å²) < 4.78 is 5.20. The number of amides is 1. The third kappa shape index (κ3) is 4.97. The highest BCUT2D eigenvalue weighted by atomic mass is 16.6. The predicted octanol–water partition coefficient (Wildman–Crippen LogP) is 3.13. The van der Waals surface area contributed by atoms with Gasteiger partial charge in [0.05, 0.1) is 11.6 Å². The number of cyclic esters (lactones) is 1. The van der Waals surface area contributed by atoms with Crippen LogP contribution in [0.15, 0.2) is 36.5 Å². The maximum atomic E-state index is 12.2. The number of hydrogen-bond donors (Lipinski definition) is 1. The van der Waals surface area contributed by atoms with Crippen molar-refractivity contribution in [2.45, 2.75) is 38.9 Å². The van der Waals surface area contributed by atoms with Crippen molar-refractivity contribution in [3.8, 4) is 0 Å². The van der Waals surface area contributed by atoms with Crippen molar-refractivity contribution < 1.29 is 9.53 Å². The predicted molar refractivity (Wildman–Crippen MR) is 121 cm³/mol. The van der Waals surface area contributed by atoms with Crippen LogP contribution in [0.4, 0.5) is 16.6 Å². The molecule has 2 aliphatic rings. The lowest BCUT2D eigenvalue weighted by atomic mass is 10.1. The van der Waals surface area contributed by atoms with Crippen LogP contribution in [-0.4, -0.2) is 71.2 Å². The fraction of sp³-hybridized carbons (Fsp3) is 0.522. The number of anilines is 2. The number of carbonyl (C=O) groups is 1. The summed E-state index contributed by atoms with van der Waals surface area (Å²) in [5.41, 5.74) is 2.05. The summed E-state index contributed by atoms with van der Waals surface area (Å²) in [5.74, 6) is 1.03. The van der Waals surface area contributed by atoms with Gasteiger partial charge in [0.25, 0.3) is 0 Å². The molecule has 2 fully saturated rings. The maximum absolute atomic E-state index is 12.2. The van der Waals surface area contributed by atoms with Gasteiger partial charge in [0.2, 0.25) is 5.95 Å². The molecule has 1 N–H and O–H groups in total. The fourth-order valence-corrected chi connectivity index (χ4v) is 4.01. The SMILES string of the molecule is C[C@H](Nc1nccc(N2C(=O)OCC2(C)C)n1)c1ccc(CN2CCN(C)CC2)cc1. The Hall–Kier alpha value is -2.71. The number of benzene rings is 1. The van der Waals surface area contributed by atoms with E-state index in [4.69, 9.17) is 4.74 Å². The zero-order valence-corrected chi connectivity index (χ0v) is 18.8. The van der Waals surface area contributed by atoms with E-state index in [1.54, 1.807) is 17.2 Å². The molecule has 0 bridgehead atoms. The molecular formula is C23H32N6O2. The van der Waals surface area contributed by atoms with Crippen LogP contribution in [0.2, 0.25) is 0 Å². The van der Waals surface area contributed by atoms with Crippen molar-refractivity contribution in [1.29, 1.82) is 0 Å². The molecular weight excluding hydrogens is 392 g/mol. The zero-order valence-electron chi connectivity index (χ0n) is 18.8. The molecule has 1 aromatic heterocycles. The van der Waals surface area contributed by atoms with Crippen LogP contribution in [0.3, 0.4) is 0 Å². The number of hydrogen-bond acceptors (Lipinski definition) is 7. The minimum Gasteiger partial charge on any atom is -0.447 e. The topological polar surface area (TPSA) is 73.8 Å². The molecule has 0 unspecified atom stereocenters. The highest BCUT2D eigenvalue weighted by Crippen LogP contribution is 2.29. The van der Waals surface area contributed by atoms with Gasteiger partial charge < -0.3 is 15.0 Å². The van der Waals surface area contributed by atoms with Crippen molar-refractivity contribution >= 4 is 17.9 Å². The van der Waals surface area contributed by atoms with Crippen LogP contribution in [0.5, 0.6) is 0 Å². The third-order valence-electron chi connectivity index (χ3n) is 6.03. The molecule has 2 aromatic rings. The molecule has 4 rings (SSSR count). The number of rotatable bonds is 6. The van der Waals surface area contributed by atoms with E-state index in [1.807, 2.05) is 13.8 Å². The number of nitrogens with zero attached hydrogens (tertiary/aromatic N) is 5. The molecule has 0 saturated carbocycles. The van der Waals surface area contributed by atoms with Crippen molar-refractivity contribution in [2.24, 2.45) is 0 Å². The van der Waals surface area contributed by atoms with Crippen LogP contribution in [0, 0.1) is 0 Å². The molecule has 2 saturated heterocycles. The Balaban J connectivity index is 1.39. The highest BCUT2D eigenvalue weighted by molar-refractivity contribution is 5.90. The van der Waals surface area contributed by atoms with E-state index in [9.17, 15) is 4.79 Å². The summed E-state index contributed by atoms with van der Waals surface area (Å²) in [6.45, 7) is 11.8. The van der Waals surface area contributed by atoms with Gasteiger partial charge in [-0.1, -0.05) is 24.3 Å². The molecule has 2 aliphatic heterocycles. The lowest BCUT2D eigenvalue weighted by Gasteiger charge is -2.32. The fourth-order valence-electron chi connectivity index (χ4n) is 4.01. The van der Waals surface area contributed by atoms with E-state index in [1.165, 1.54) is 5.56 Å². The largest absolute Gasteiger partial charge is 0.447 e. The number of ether oxygens (including phenoxy) is 1. The van der Waals surface area contributed by atoms with Gasteiger partial charge in [-0.15, -0.1) is 0 Å². The third-order valence-corrected chi connectivity index (χ3v) is 6.03. The lowest BCUT2D eigenvalue weighted by Crippen LogP contribution is -2.43. The molecule has 0 spiro atoms. The summed E-state index contributed by atoms with van der Waals surface area (Å²) in [7, 11) is 2.18. The first kappa shape index (κ1) is 21.5. The molecule has 3 heterocycles. The first-order chi connectivity index (χ1) is 14.8. The first-order valence-corrected chi connectivity index (χ1v) is 10.9. The van der Waals surface area contributed by atoms with Gasteiger partial charge in [0.15, 0.2) is 0 Å². The van der Waals surface area contributed by atoms with E-state index >= 15 is 0 Å². The average Bonchev–Trinajstić information content (AvgIpc) is 3.02. The minimum atomic E-state index is -0.437. The maximum Gasteiger partial charge on any atom is 0.416 e. The van der Waals surface area contributed by atoms with E-state index in [0.717, 1.165) is 38.3 Å². The minimum absolute atomic E-state index is 0.0338. The molecule has 8 nitrogen and oxygen atoms in total. The molecule has 0 aliphatic carbocycles. The lowest BCUT2D eigenvalue weighted by molar-refractivity contribution is 0.148. The number of carbonyl (C=O) groups excluding carboxylic acids is 1. The van der Waals surface area contributed by atoms with Crippen LogP contribution in [0.25, 0.3) is 0 Å². The standard InChI is InChI=1S/C23H32N6O2/c1-17(19-7-5-18(6-8-19)15-28-13-11-27(4)12-14-28)25-21-24-10-9-20(26-21)29-22(30)31-16-23(29,2)3/h5-10,17H,11-16H2,1-4H3,(H,24,25,26)/t17-/m0/s1. The Kier molecular flexibility index (Phi) is 6.11. The molecule has 1 aromatic carbocycles. The van der Waals surface area contributed by atoms with E-state index in [2.05, 4.69) is 63.3 Å². The second-order valence-corrected chi connectivity index (χ2v) is 9.13. The van der Waals surface area contributed by atoms with Gasteiger partial charge >= 0.3 is 6.09 Å². The van der Waals surface area contributed by atoms with E-state index in [-0.39, 0.29) is 12.1 Å². The second-order valence-electron chi connectivity index (χ2n) is 9.13. The monoisotopic (exact) mass is 424 g/mol. The number of nitrogens with one attached hydrogen (secondary N) is 1. The normalized spacial score (nSPS) is 20.5. The van der Waals surface area contributed by atoms with Crippen LogP contribution in [-0.2, 0) is 11.3 Å². The average molecular weight is 425 g/mol. The Bertz CT molecular complexity index is 909. The molecule has 1 amide bonds. The Morgan fingerprint density at radius 2 is 1.84 bits per heavy atom. The molecule has 0 radical (unpaired) electrons. The van der Waals surface area contributed by atoms with Crippen LogP contribution >= 0.6 is 0 Å². The number of aromatic nitrogens is 2. The van der Waals surface area contributed by atoms with Crippen LogP contribution < -0.4 is 10.2 Å². The van der Waals surface area contributed by atoms with Gasteiger partial charge in [0.1, 0.15) is 12.4 Å². The first-order valence-electron chi connectivity index (χ1n) is 10.9. The summed E-state index contributed by atoms with van der Waals surface area (Å²) >= 11 is 0. The smallest absolute Gasteiger partial charge is 0.416 e. The summed E-state index contributed by atoms with van der Waals surface area (Å²) in [6.07, 6.45) is 1.29. The summed E-state index contributed by atoms with van der Waals surface area (Å²) in [4.78, 5) is 27.5. The van der Waals surface area contributed by atoms with Crippen molar-refractivity contribution in [3.63, 3.8) is 0 Å². The molecule has 31 heavy (non-hydrogen) atoms. The molecule has 166 valence electrons. The summed E-state index contributed by atoms with van der Waals surface area (Å²) in [6, 6.07) is 10.5. The highest BCUT2D eigenvalue weighted by Gasteiger charge is 2.41. The van der Waals surface area contributed by atoms with Gasteiger partial charge in [-0.05, 0) is 45.0 Å². The van der Waals surface area contributed by atoms with Gasteiger partial charge in [-0.25, -0.2) is 9.78 Å². The Morgan fingerprint density at radius 1 is 1.13 bits per heavy atom. The second kappa shape index (κ2) is 8.80. The number of piperazine rings is 1. The number of likely N-dealkylation sites (N-methyl/N-ethyl adjacent to an activating group) is 1. The van der Waals surface area contributed by atoms with Crippen molar-refractivity contribution in [3.05, 3.63) is 47.7 Å². The molecule has 1 atom stereocenters. The Labute approximate surface area is 184 Å². The van der Waals surface area contributed by atoms with Crippen molar-refractivity contribution in [2.75, 3.05) is 50.1 Å². The van der Waals surface area contributed by atoms with Crippen LogP contribution in [0.1, 0.15) is 37.9 Å². The van der Waals surface area contributed by atoms with Gasteiger partial charge in [-0.2, -0.15) is 4.98 Å². The van der Waals surface area contributed by atoms with Gasteiger partial charge in [0, 0.05) is 38.9 Å². The quantitative estimate of drug-likeness (QED) is 0.764. The molecule has 8 heteroatoms. The van der Waals surface area contributed by atoms with Crippen molar-refractivity contribution in [1.82, 2.24) is 19.8 Å². The van der Waals surface area contributed by atoms with E-state index in [0.29, 0.717) is 18.4 Å². The summed E-state index contributed by atoms with van der Waals surface area (Å²) in [5, 5.41) is 3.35. The Morgan fingerprint density at radius 3 is 2.48 bits per heavy atom. The van der Waals surface area contributed by atoms with E-state index < -0.39 is 5.54 Å². The zero-order chi connectivity index (χ0) is 22.0. The van der Waals surface area contributed by atoms with Gasteiger partial charge in [-0.3, -0.25) is 9.80 Å².